The predicted molar refractivity (Wildman–Crippen MR) is 79.1 cm³/mol. The van der Waals surface area contributed by atoms with Gasteiger partial charge in [0.2, 0.25) is 0 Å². The Labute approximate surface area is 129 Å². The lowest BCUT2D eigenvalue weighted by Gasteiger charge is -2.32. The minimum Gasteiger partial charge on any atom is -0.299 e. The summed E-state index contributed by atoms with van der Waals surface area (Å²) in [7, 11) is 0. The molecular formula is C16H18FN5. The van der Waals surface area contributed by atoms with Crippen molar-refractivity contribution in [3.8, 4) is 6.07 Å². The number of hydrogen-bond donors (Lipinski definition) is 0. The molecule has 5 nitrogen and oxygen atoms in total. The average molecular weight is 299 g/mol. The summed E-state index contributed by atoms with van der Waals surface area (Å²) < 4.78 is 15.1. The average Bonchev–Trinajstić information content (AvgIpc) is 3.02. The first-order valence-electron chi connectivity index (χ1n) is 7.48. The number of nitriles is 1. The number of hydrogen-bond acceptors (Lipinski definition) is 4. The van der Waals surface area contributed by atoms with Crippen LogP contribution in [0.4, 0.5) is 4.39 Å². The van der Waals surface area contributed by atoms with Crippen LogP contribution in [0, 0.1) is 23.1 Å². The normalized spacial score (nSPS) is 19.0. The molecule has 0 spiro atoms. The zero-order valence-electron chi connectivity index (χ0n) is 12.3. The van der Waals surface area contributed by atoms with Gasteiger partial charge in [-0.25, -0.2) is 9.37 Å². The number of halogens is 1. The van der Waals surface area contributed by atoms with Crippen molar-refractivity contribution in [1.82, 2.24) is 19.7 Å². The van der Waals surface area contributed by atoms with E-state index in [9.17, 15) is 4.39 Å². The van der Waals surface area contributed by atoms with Crippen LogP contribution >= 0.6 is 0 Å². The first-order chi connectivity index (χ1) is 10.7. The largest absolute Gasteiger partial charge is 0.299 e. The zero-order valence-corrected chi connectivity index (χ0v) is 12.3. The number of benzene rings is 1. The van der Waals surface area contributed by atoms with Crippen molar-refractivity contribution in [3.05, 3.63) is 47.8 Å². The van der Waals surface area contributed by atoms with Crippen LogP contribution in [-0.2, 0) is 13.1 Å². The summed E-state index contributed by atoms with van der Waals surface area (Å²) >= 11 is 0. The monoisotopic (exact) mass is 299 g/mol. The van der Waals surface area contributed by atoms with Crippen LogP contribution in [0.5, 0.6) is 0 Å². The molecule has 1 aromatic heterocycles. The molecule has 0 amide bonds. The second-order valence-corrected chi connectivity index (χ2v) is 5.77. The molecule has 1 saturated heterocycles. The Balaban J connectivity index is 1.64. The van der Waals surface area contributed by atoms with Crippen molar-refractivity contribution in [2.24, 2.45) is 5.92 Å². The quantitative estimate of drug-likeness (QED) is 0.868. The topological polar surface area (TPSA) is 57.7 Å². The van der Waals surface area contributed by atoms with Gasteiger partial charge < -0.3 is 0 Å². The highest BCUT2D eigenvalue weighted by Crippen LogP contribution is 2.21. The van der Waals surface area contributed by atoms with Gasteiger partial charge in [0, 0.05) is 19.6 Å². The summed E-state index contributed by atoms with van der Waals surface area (Å²) in [4.78, 5) is 6.30. The van der Waals surface area contributed by atoms with Crippen LogP contribution in [0.1, 0.15) is 24.0 Å². The fourth-order valence-electron chi connectivity index (χ4n) is 3.07. The van der Waals surface area contributed by atoms with Crippen LogP contribution in [0.15, 0.2) is 30.9 Å². The summed E-state index contributed by atoms with van der Waals surface area (Å²) in [6.45, 7) is 3.53. The maximum absolute atomic E-state index is 13.2. The predicted octanol–water partition coefficient (Wildman–Crippen LogP) is 2.20. The number of nitrogens with zero attached hydrogens (tertiary/aromatic N) is 5. The van der Waals surface area contributed by atoms with Crippen molar-refractivity contribution in [2.75, 3.05) is 13.1 Å². The van der Waals surface area contributed by atoms with Crippen LogP contribution in [0.2, 0.25) is 0 Å². The molecule has 0 bridgehead atoms. The Hall–Kier alpha value is -2.26. The van der Waals surface area contributed by atoms with E-state index in [2.05, 4.69) is 21.1 Å². The van der Waals surface area contributed by atoms with E-state index in [1.54, 1.807) is 18.7 Å². The summed E-state index contributed by atoms with van der Waals surface area (Å²) in [6, 6.07) is 6.54. The Morgan fingerprint density at radius 3 is 3.09 bits per heavy atom. The molecule has 1 aliphatic rings. The molecule has 3 rings (SSSR count). The van der Waals surface area contributed by atoms with Crippen LogP contribution in [0.25, 0.3) is 0 Å². The molecule has 0 saturated carbocycles. The van der Waals surface area contributed by atoms with Gasteiger partial charge in [-0.1, -0.05) is 6.07 Å². The smallest absolute Gasteiger partial charge is 0.137 e. The lowest BCUT2D eigenvalue weighted by atomic mass is 9.97. The van der Waals surface area contributed by atoms with Gasteiger partial charge >= 0.3 is 0 Å². The fourth-order valence-corrected chi connectivity index (χ4v) is 3.07. The van der Waals surface area contributed by atoms with Gasteiger partial charge in [0.25, 0.3) is 0 Å². The third kappa shape index (κ3) is 3.49. The maximum Gasteiger partial charge on any atom is 0.137 e. The van der Waals surface area contributed by atoms with Crippen molar-refractivity contribution >= 4 is 0 Å². The van der Waals surface area contributed by atoms with Crippen LogP contribution in [0.3, 0.4) is 0 Å². The van der Waals surface area contributed by atoms with E-state index >= 15 is 0 Å². The maximum atomic E-state index is 13.2. The first kappa shape index (κ1) is 14.7. The molecule has 114 valence electrons. The highest BCUT2D eigenvalue weighted by atomic mass is 19.1. The van der Waals surface area contributed by atoms with E-state index < -0.39 is 0 Å². The van der Waals surface area contributed by atoms with E-state index in [0.29, 0.717) is 18.0 Å². The Morgan fingerprint density at radius 2 is 2.32 bits per heavy atom. The van der Waals surface area contributed by atoms with E-state index in [1.807, 2.05) is 4.68 Å². The fraction of sp³-hybridized carbons (Fsp3) is 0.438. The van der Waals surface area contributed by atoms with Gasteiger partial charge in [0.1, 0.15) is 18.5 Å². The summed E-state index contributed by atoms with van der Waals surface area (Å²) in [5.74, 6) is 0.171. The molecule has 2 aromatic rings. The molecule has 22 heavy (non-hydrogen) atoms. The van der Waals surface area contributed by atoms with Crippen LogP contribution in [-0.4, -0.2) is 32.8 Å². The van der Waals surface area contributed by atoms with Gasteiger partial charge in [-0.05, 0) is 43.0 Å². The van der Waals surface area contributed by atoms with Crippen molar-refractivity contribution in [3.63, 3.8) is 0 Å². The van der Waals surface area contributed by atoms with E-state index in [0.717, 1.165) is 31.6 Å². The Kier molecular flexibility index (Phi) is 4.45. The highest BCUT2D eigenvalue weighted by molar-refractivity contribution is 5.37. The second-order valence-electron chi connectivity index (χ2n) is 5.77. The van der Waals surface area contributed by atoms with Crippen molar-refractivity contribution in [1.29, 1.82) is 5.26 Å². The molecule has 0 aliphatic carbocycles. The third-order valence-electron chi connectivity index (χ3n) is 4.10. The standard InChI is InChI=1S/C16H18FN5/c17-16-4-3-14(15(6-16)7-18)10-21-5-1-2-13(8-21)9-22-12-19-11-20-22/h3-4,6,11-13H,1-2,5,8-10H2. The summed E-state index contributed by atoms with van der Waals surface area (Å²) in [5.41, 5.74) is 1.32. The molecule has 2 heterocycles. The molecule has 1 aliphatic heterocycles. The Morgan fingerprint density at radius 1 is 1.41 bits per heavy atom. The molecule has 6 heteroatoms. The molecule has 1 unspecified atom stereocenters. The molecule has 1 atom stereocenters. The van der Waals surface area contributed by atoms with Crippen LogP contribution < -0.4 is 0 Å². The lowest BCUT2D eigenvalue weighted by molar-refractivity contribution is 0.153. The molecule has 0 N–H and O–H groups in total. The molecule has 1 aromatic carbocycles. The first-order valence-corrected chi connectivity index (χ1v) is 7.48. The van der Waals surface area contributed by atoms with Gasteiger partial charge in [0.15, 0.2) is 0 Å². The lowest BCUT2D eigenvalue weighted by Crippen LogP contribution is -2.36. The summed E-state index contributed by atoms with van der Waals surface area (Å²) in [5, 5.41) is 13.3. The van der Waals surface area contributed by atoms with Crippen molar-refractivity contribution < 1.29 is 4.39 Å². The molecule has 0 radical (unpaired) electrons. The summed E-state index contributed by atoms with van der Waals surface area (Å²) in [6.07, 6.45) is 5.60. The van der Waals surface area contributed by atoms with E-state index in [1.165, 1.54) is 18.6 Å². The Bertz CT molecular complexity index is 662. The van der Waals surface area contributed by atoms with Gasteiger partial charge in [-0.3, -0.25) is 9.58 Å². The zero-order chi connectivity index (χ0) is 15.4. The molecular weight excluding hydrogens is 281 g/mol. The van der Waals surface area contributed by atoms with E-state index in [4.69, 9.17) is 5.26 Å². The number of aromatic nitrogens is 3. The second kappa shape index (κ2) is 6.67. The van der Waals surface area contributed by atoms with Crippen molar-refractivity contribution in [2.45, 2.75) is 25.9 Å². The third-order valence-corrected chi connectivity index (χ3v) is 4.10. The highest BCUT2D eigenvalue weighted by Gasteiger charge is 2.21. The molecule has 1 fully saturated rings. The van der Waals surface area contributed by atoms with Gasteiger partial charge in [-0.15, -0.1) is 0 Å². The minimum absolute atomic E-state index is 0.358. The van der Waals surface area contributed by atoms with Gasteiger partial charge in [0.05, 0.1) is 11.6 Å². The van der Waals surface area contributed by atoms with E-state index in [-0.39, 0.29) is 5.82 Å². The van der Waals surface area contributed by atoms with Gasteiger partial charge in [-0.2, -0.15) is 10.4 Å². The number of likely N-dealkylation sites (tertiary alicyclic amines) is 1. The number of piperidine rings is 1. The number of rotatable bonds is 4. The SMILES string of the molecule is N#Cc1cc(F)ccc1CN1CCCC(Cn2cncn2)C1. The minimum atomic E-state index is -0.358.